The van der Waals surface area contributed by atoms with Crippen LogP contribution in [0.25, 0.3) is 0 Å². The minimum Gasteiger partial charge on any atom is -0.493 e. The van der Waals surface area contributed by atoms with E-state index in [1.54, 1.807) is 0 Å². The first-order valence-corrected chi connectivity index (χ1v) is 6.52. The molecule has 3 nitrogen and oxygen atoms in total. The van der Waals surface area contributed by atoms with E-state index in [1.807, 2.05) is 6.07 Å². The number of hydrogen-bond donors (Lipinski definition) is 1. The molecule has 1 saturated heterocycles. The van der Waals surface area contributed by atoms with E-state index in [-0.39, 0.29) is 17.4 Å². The number of amides is 1. The van der Waals surface area contributed by atoms with Crippen molar-refractivity contribution < 1.29 is 9.53 Å². The van der Waals surface area contributed by atoms with Gasteiger partial charge >= 0.3 is 0 Å². The molecule has 0 aliphatic carbocycles. The second kappa shape index (κ2) is 3.74. The number of carbonyl (C=O) groups is 1. The van der Waals surface area contributed by atoms with Crippen molar-refractivity contribution in [2.24, 2.45) is 5.92 Å². The van der Waals surface area contributed by atoms with Gasteiger partial charge in [-0.2, -0.15) is 0 Å². The molecule has 3 heteroatoms. The summed E-state index contributed by atoms with van der Waals surface area (Å²) >= 11 is 0. The molecule has 1 aromatic carbocycles. The van der Waals surface area contributed by atoms with Crippen LogP contribution < -0.4 is 10.1 Å². The van der Waals surface area contributed by atoms with E-state index in [2.05, 4.69) is 38.2 Å². The van der Waals surface area contributed by atoms with Crippen LogP contribution in [0.3, 0.4) is 0 Å². The normalized spacial score (nSPS) is 26.1. The molecule has 1 N–H and O–H groups in total. The number of carbonyl (C=O) groups excluding carboxylic acids is 1. The lowest BCUT2D eigenvalue weighted by Gasteiger charge is -2.30. The molecule has 3 rings (SSSR count). The summed E-state index contributed by atoms with van der Waals surface area (Å²) in [6.45, 7) is 7.24. The molecular weight excluding hydrogens is 226 g/mol. The van der Waals surface area contributed by atoms with E-state index in [0.29, 0.717) is 18.9 Å². The zero-order valence-corrected chi connectivity index (χ0v) is 11.1. The summed E-state index contributed by atoms with van der Waals surface area (Å²) in [5.74, 6) is 1.36. The van der Waals surface area contributed by atoms with Crippen LogP contribution in [0.4, 0.5) is 0 Å². The van der Waals surface area contributed by atoms with Crippen molar-refractivity contribution in [1.29, 1.82) is 0 Å². The van der Waals surface area contributed by atoms with Gasteiger partial charge in [0.1, 0.15) is 5.75 Å². The lowest BCUT2D eigenvalue weighted by atomic mass is 9.83. The summed E-state index contributed by atoms with van der Waals surface area (Å²) < 4.78 is 5.76. The maximum Gasteiger partial charge on any atom is 0.220 e. The van der Waals surface area contributed by atoms with Crippen molar-refractivity contribution in [3.8, 4) is 5.75 Å². The first kappa shape index (κ1) is 11.6. The van der Waals surface area contributed by atoms with E-state index in [4.69, 9.17) is 4.74 Å². The molecule has 2 aliphatic heterocycles. The van der Waals surface area contributed by atoms with Gasteiger partial charge in [0, 0.05) is 17.9 Å². The number of rotatable bonds is 0. The third-order valence-electron chi connectivity index (χ3n) is 3.90. The Bertz CT molecular complexity index is 502. The molecule has 0 bridgehead atoms. The lowest BCUT2D eigenvalue weighted by Crippen LogP contribution is -2.28. The number of ether oxygens (including phenoxy) is 1. The molecule has 96 valence electrons. The number of fused-ring (bicyclic) bond motifs is 3. The van der Waals surface area contributed by atoms with Gasteiger partial charge in [0.15, 0.2) is 0 Å². The van der Waals surface area contributed by atoms with Crippen molar-refractivity contribution in [3.63, 3.8) is 0 Å². The molecule has 0 unspecified atom stereocenters. The van der Waals surface area contributed by atoms with Crippen molar-refractivity contribution in [1.82, 2.24) is 5.32 Å². The first-order chi connectivity index (χ1) is 8.45. The molecule has 18 heavy (non-hydrogen) atoms. The third kappa shape index (κ3) is 1.78. The molecule has 2 heterocycles. The maximum atomic E-state index is 11.5. The van der Waals surface area contributed by atoms with Crippen molar-refractivity contribution in [3.05, 3.63) is 29.3 Å². The number of hydrogen-bond acceptors (Lipinski definition) is 2. The van der Waals surface area contributed by atoms with Gasteiger partial charge in [0.2, 0.25) is 5.91 Å². The highest BCUT2D eigenvalue weighted by molar-refractivity contribution is 5.79. The average molecular weight is 245 g/mol. The van der Waals surface area contributed by atoms with Crippen LogP contribution in [0.2, 0.25) is 0 Å². The Labute approximate surface area is 108 Å². The predicted molar refractivity (Wildman–Crippen MR) is 69.6 cm³/mol. The highest BCUT2D eigenvalue weighted by Gasteiger charge is 2.39. The molecule has 0 radical (unpaired) electrons. The Morgan fingerprint density at radius 3 is 2.83 bits per heavy atom. The zero-order chi connectivity index (χ0) is 12.9. The van der Waals surface area contributed by atoms with E-state index >= 15 is 0 Å². The van der Waals surface area contributed by atoms with Gasteiger partial charge < -0.3 is 10.1 Å². The van der Waals surface area contributed by atoms with Gasteiger partial charge in [-0.15, -0.1) is 0 Å². The van der Waals surface area contributed by atoms with Crippen LogP contribution in [0.15, 0.2) is 18.2 Å². The first-order valence-electron chi connectivity index (χ1n) is 6.52. The predicted octanol–water partition coefficient (Wildman–Crippen LogP) is 2.55. The minimum atomic E-state index is 0.116. The highest BCUT2D eigenvalue weighted by atomic mass is 16.5. The Morgan fingerprint density at radius 2 is 2.11 bits per heavy atom. The zero-order valence-electron chi connectivity index (χ0n) is 11.1. The summed E-state index contributed by atoms with van der Waals surface area (Å²) in [6, 6.07) is 6.49. The van der Waals surface area contributed by atoms with Crippen molar-refractivity contribution in [2.75, 3.05) is 6.61 Å². The topological polar surface area (TPSA) is 38.3 Å². The van der Waals surface area contributed by atoms with Gasteiger partial charge in [-0.05, 0) is 23.1 Å². The van der Waals surface area contributed by atoms with Crippen LogP contribution in [0.5, 0.6) is 5.75 Å². The fraction of sp³-hybridized carbons (Fsp3) is 0.533. The molecule has 2 atom stereocenters. The summed E-state index contributed by atoms with van der Waals surface area (Å²) in [4.78, 5) is 11.5. The molecule has 2 aliphatic rings. The summed E-state index contributed by atoms with van der Waals surface area (Å²) in [5.41, 5.74) is 2.54. The fourth-order valence-electron chi connectivity index (χ4n) is 2.78. The third-order valence-corrected chi connectivity index (χ3v) is 3.90. The van der Waals surface area contributed by atoms with Crippen molar-refractivity contribution >= 4 is 5.91 Å². The van der Waals surface area contributed by atoms with Crippen LogP contribution in [0, 0.1) is 5.92 Å². The minimum absolute atomic E-state index is 0.116. The largest absolute Gasteiger partial charge is 0.493 e. The summed E-state index contributed by atoms with van der Waals surface area (Å²) in [7, 11) is 0. The smallest absolute Gasteiger partial charge is 0.220 e. The van der Waals surface area contributed by atoms with E-state index < -0.39 is 0 Å². The fourth-order valence-corrected chi connectivity index (χ4v) is 2.78. The Morgan fingerprint density at radius 1 is 1.33 bits per heavy atom. The van der Waals surface area contributed by atoms with E-state index in [9.17, 15) is 4.79 Å². The van der Waals surface area contributed by atoms with Crippen molar-refractivity contribution in [2.45, 2.75) is 38.6 Å². The van der Waals surface area contributed by atoms with Crippen LogP contribution >= 0.6 is 0 Å². The SMILES string of the molecule is CC(C)(C)c1ccc2c(c1)[C@H]1NC(=O)C[C@@H]1CO2. The number of benzene rings is 1. The lowest BCUT2D eigenvalue weighted by molar-refractivity contribution is -0.119. The molecule has 1 aromatic rings. The Kier molecular flexibility index (Phi) is 2.40. The molecule has 0 saturated carbocycles. The van der Waals surface area contributed by atoms with E-state index in [0.717, 1.165) is 11.3 Å². The molecule has 1 fully saturated rings. The standard InChI is InChI=1S/C15H19NO2/c1-15(2,3)10-4-5-12-11(7-10)14-9(8-18-12)6-13(17)16-14/h4-5,7,9,14H,6,8H2,1-3H3,(H,16,17)/t9-,14+/m1/s1. The molecule has 0 spiro atoms. The summed E-state index contributed by atoms with van der Waals surface area (Å²) in [5, 5.41) is 3.07. The second-order valence-electron chi connectivity index (χ2n) is 6.32. The molecule has 1 amide bonds. The van der Waals surface area contributed by atoms with Crippen LogP contribution in [-0.2, 0) is 10.2 Å². The van der Waals surface area contributed by atoms with Gasteiger partial charge in [-0.1, -0.05) is 26.8 Å². The number of nitrogens with one attached hydrogen (secondary N) is 1. The summed E-state index contributed by atoms with van der Waals surface area (Å²) in [6.07, 6.45) is 0.587. The average Bonchev–Trinajstić information content (AvgIpc) is 2.68. The molecule has 0 aromatic heterocycles. The molecular formula is C15H19NO2. The van der Waals surface area contributed by atoms with Gasteiger partial charge in [0.25, 0.3) is 0 Å². The van der Waals surface area contributed by atoms with Crippen LogP contribution in [-0.4, -0.2) is 12.5 Å². The highest BCUT2D eigenvalue weighted by Crippen LogP contribution is 2.41. The van der Waals surface area contributed by atoms with E-state index in [1.165, 1.54) is 5.56 Å². The van der Waals surface area contributed by atoms with Gasteiger partial charge in [-0.25, -0.2) is 0 Å². The Balaban J connectivity index is 2.04. The quantitative estimate of drug-likeness (QED) is 0.763. The maximum absolute atomic E-state index is 11.5. The van der Waals surface area contributed by atoms with Gasteiger partial charge in [0.05, 0.1) is 12.6 Å². The second-order valence-corrected chi connectivity index (χ2v) is 6.32. The monoisotopic (exact) mass is 245 g/mol. The Hall–Kier alpha value is -1.51. The van der Waals surface area contributed by atoms with Gasteiger partial charge in [-0.3, -0.25) is 4.79 Å². The van der Waals surface area contributed by atoms with Crippen LogP contribution in [0.1, 0.15) is 44.4 Å².